The second-order valence-corrected chi connectivity index (χ2v) is 6.89. The summed E-state index contributed by atoms with van der Waals surface area (Å²) in [7, 11) is 0. The third kappa shape index (κ3) is 4.02. The highest BCUT2D eigenvalue weighted by Gasteiger charge is 2.24. The minimum absolute atomic E-state index is 0.204. The van der Waals surface area contributed by atoms with Gasteiger partial charge in [0, 0.05) is 32.7 Å². The predicted octanol–water partition coefficient (Wildman–Crippen LogP) is 0.583. The molecule has 1 N–H and O–H groups in total. The van der Waals surface area contributed by atoms with Crippen LogP contribution in [0.15, 0.2) is 33.9 Å². The summed E-state index contributed by atoms with van der Waals surface area (Å²) in [6.07, 6.45) is 0.454. The minimum Gasteiger partial charge on any atom is -0.379 e. The predicted molar refractivity (Wildman–Crippen MR) is 108 cm³/mol. The zero-order valence-corrected chi connectivity index (χ0v) is 16.5. The molecule has 0 aliphatic carbocycles. The van der Waals surface area contributed by atoms with E-state index < -0.39 is 11.7 Å². The number of carbonyl (C=O) groups is 1. The van der Waals surface area contributed by atoms with Crippen LogP contribution in [0.25, 0.3) is 10.9 Å². The lowest BCUT2D eigenvalue weighted by Crippen LogP contribution is -2.46. The summed E-state index contributed by atoms with van der Waals surface area (Å²) < 4.78 is 7.98. The Balaban J connectivity index is 1.87. The highest BCUT2D eigenvalue weighted by atomic mass is 16.5. The van der Waals surface area contributed by atoms with Crippen molar-refractivity contribution in [1.29, 1.82) is 0 Å². The lowest BCUT2D eigenvalue weighted by molar-refractivity contribution is -0.124. The van der Waals surface area contributed by atoms with E-state index in [2.05, 4.69) is 10.2 Å². The molecular weight excluding hydrogens is 360 g/mol. The number of rotatable bonds is 7. The summed E-state index contributed by atoms with van der Waals surface area (Å²) in [6.45, 7) is 8.29. The van der Waals surface area contributed by atoms with Crippen molar-refractivity contribution in [2.24, 2.45) is 0 Å². The molecule has 1 saturated heterocycles. The molecule has 28 heavy (non-hydrogen) atoms. The normalized spacial score (nSPS) is 16.2. The number of aromatic nitrogens is 2. The van der Waals surface area contributed by atoms with E-state index in [-0.39, 0.29) is 18.0 Å². The summed E-state index contributed by atoms with van der Waals surface area (Å²) in [5.41, 5.74) is -0.263. The van der Waals surface area contributed by atoms with E-state index in [1.807, 2.05) is 6.92 Å². The van der Waals surface area contributed by atoms with Crippen molar-refractivity contribution in [1.82, 2.24) is 19.4 Å². The highest BCUT2D eigenvalue weighted by Crippen LogP contribution is 2.16. The Bertz CT molecular complexity index is 943. The summed E-state index contributed by atoms with van der Waals surface area (Å²) in [5, 5.41) is 3.40. The van der Waals surface area contributed by atoms with E-state index in [0.29, 0.717) is 37.1 Å². The van der Waals surface area contributed by atoms with Crippen molar-refractivity contribution >= 4 is 16.8 Å². The molecule has 1 amide bonds. The SMILES string of the molecule is CC[C@H](C(=O)NCCN1CCOCC1)n1c(=O)n(CC)c(=O)c2ccccc21. The van der Waals surface area contributed by atoms with Crippen LogP contribution in [-0.2, 0) is 16.1 Å². The lowest BCUT2D eigenvalue weighted by Gasteiger charge is -2.27. The minimum atomic E-state index is -0.666. The molecule has 0 bridgehead atoms. The van der Waals surface area contributed by atoms with E-state index in [4.69, 9.17) is 4.74 Å². The number of nitrogens with zero attached hydrogens (tertiary/aromatic N) is 3. The van der Waals surface area contributed by atoms with Crippen molar-refractivity contribution in [2.75, 3.05) is 39.4 Å². The number of hydrogen-bond acceptors (Lipinski definition) is 5. The first kappa shape index (κ1) is 20.3. The van der Waals surface area contributed by atoms with Crippen LogP contribution in [0.2, 0.25) is 0 Å². The molecule has 1 aromatic heterocycles. The van der Waals surface area contributed by atoms with Crippen molar-refractivity contribution in [3.05, 3.63) is 45.1 Å². The second-order valence-electron chi connectivity index (χ2n) is 6.89. The van der Waals surface area contributed by atoms with Gasteiger partial charge in [-0.15, -0.1) is 0 Å². The molecule has 8 heteroatoms. The van der Waals surface area contributed by atoms with E-state index in [0.717, 1.165) is 19.6 Å². The van der Waals surface area contributed by atoms with Gasteiger partial charge in [-0.05, 0) is 25.5 Å². The van der Waals surface area contributed by atoms with Crippen LogP contribution in [0.4, 0.5) is 0 Å². The quantitative estimate of drug-likeness (QED) is 0.750. The van der Waals surface area contributed by atoms with Gasteiger partial charge in [-0.25, -0.2) is 4.79 Å². The molecule has 2 heterocycles. The molecule has 0 unspecified atom stereocenters. The Morgan fingerprint density at radius 1 is 1.18 bits per heavy atom. The van der Waals surface area contributed by atoms with Crippen LogP contribution < -0.4 is 16.6 Å². The molecule has 0 saturated carbocycles. The van der Waals surface area contributed by atoms with Crippen LogP contribution >= 0.6 is 0 Å². The van der Waals surface area contributed by atoms with Gasteiger partial charge >= 0.3 is 5.69 Å². The lowest BCUT2D eigenvalue weighted by atomic mass is 10.1. The molecule has 0 spiro atoms. The first-order valence-electron chi connectivity index (χ1n) is 9.90. The van der Waals surface area contributed by atoms with Gasteiger partial charge in [-0.2, -0.15) is 0 Å². The topological polar surface area (TPSA) is 85.6 Å². The standard InChI is InChI=1S/C20H28N4O4/c1-3-16(18(25)21-9-10-22-11-13-28-14-12-22)24-17-8-6-5-7-15(17)19(26)23(4-2)20(24)27/h5-8,16H,3-4,9-14H2,1-2H3,(H,21,25)/t16-/m1/s1. The summed E-state index contributed by atoms with van der Waals surface area (Å²) in [5.74, 6) is -0.204. The fraction of sp³-hybridized carbons (Fsp3) is 0.550. The van der Waals surface area contributed by atoms with E-state index in [1.54, 1.807) is 31.2 Å². The van der Waals surface area contributed by atoms with Gasteiger partial charge in [0.15, 0.2) is 0 Å². The second kappa shape index (κ2) is 9.16. The monoisotopic (exact) mass is 388 g/mol. The summed E-state index contributed by atoms with van der Waals surface area (Å²) >= 11 is 0. The third-order valence-electron chi connectivity index (χ3n) is 5.22. The largest absolute Gasteiger partial charge is 0.379 e. The number of hydrogen-bond donors (Lipinski definition) is 1. The number of nitrogens with one attached hydrogen (secondary N) is 1. The van der Waals surface area contributed by atoms with Gasteiger partial charge in [0.25, 0.3) is 5.56 Å². The van der Waals surface area contributed by atoms with Gasteiger partial charge < -0.3 is 10.1 Å². The van der Waals surface area contributed by atoms with Crippen molar-refractivity contribution in [3.8, 4) is 0 Å². The summed E-state index contributed by atoms with van der Waals surface area (Å²) in [4.78, 5) is 40.7. The highest BCUT2D eigenvalue weighted by molar-refractivity contribution is 5.84. The number of ether oxygens (including phenoxy) is 1. The average Bonchev–Trinajstić information content (AvgIpc) is 2.72. The molecule has 1 aliphatic heterocycles. The van der Waals surface area contributed by atoms with E-state index in [9.17, 15) is 14.4 Å². The molecule has 1 atom stereocenters. The Morgan fingerprint density at radius 3 is 2.57 bits per heavy atom. The zero-order chi connectivity index (χ0) is 20.1. The molecule has 152 valence electrons. The number of para-hydroxylation sites is 1. The molecule has 0 radical (unpaired) electrons. The Hall–Kier alpha value is -2.45. The Labute approximate surface area is 163 Å². The molecule has 3 rings (SSSR count). The number of amides is 1. The van der Waals surface area contributed by atoms with Crippen molar-refractivity contribution in [3.63, 3.8) is 0 Å². The maximum atomic E-state index is 13.0. The molecule has 1 aromatic carbocycles. The van der Waals surface area contributed by atoms with Crippen molar-refractivity contribution < 1.29 is 9.53 Å². The first-order valence-corrected chi connectivity index (χ1v) is 9.90. The molecule has 2 aromatic rings. The number of morpholine rings is 1. The zero-order valence-electron chi connectivity index (χ0n) is 16.5. The Morgan fingerprint density at radius 2 is 1.89 bits per heavy atom. The van der Waals surface area contributed by atoms with Crippen LogP contribution in [0.1, 0.15) is 26.3 Å². The van der Waals surface area contributed by atoms with E-state index in [1.165, 1.54) is 9.13 Å². The van der Waals surface area contributed by atoms with Crippen LogP contribution in [-0.4, -0.2) is 59.3 Å². The van der Waals surface area contributed by atoms with Crippen molar-refractivity contribution in [2.45, 2.75) is 32.9 Å². The fourth-order valence-corrected chi connectivity index (χ4v) is 3.68. The average molecular weight is 388 g/mol. The van der Waals surface area contributed by atoms with Gasteiger partial charge in [0.2, 0.25) is 5.91 Å². The molecule has 1 aliphatic rings. The van der Waals surface area contributed by atoms with Gasteiger partial charge in [0.05, 0.1) is 24.1 Å². The van der Waals surface area contributed by atoms with Gasteiger partial charge in [0.1, 0.15) is 6.04 Å². The number of carbonyl (C=O) groups excluding carboxylic acids is 1. The number of benzene rings is 1. The third-order valence-corrected chi connectivity index (χ3v) is 5.22. The first-order chi connectivity index (χ1) is 13.6. The van der Waals surface area contributed by atoms with Gasteiger partial charge in [-0.3, -0.25) is 23.6 Å². The maximum absolute atomic E-state index is 13.0. The Kier molecular flexibility index (Phi) is 6.64. The van der Waals surface area contributed by atoms with E-state index >= 15 is 0 Å². The fourth-order valence-electron chi connectivity index (χ4n) is 3.68. The molecule has 8 nitrogen and oxygen atoms in total. The van der Waals surface area contributed by atoms with Crippen LogP contribution in [0, 0.1) is 0 Å². The summed E-state index contributed by atoms with van der Waals surface area (Å²) in [6, 6.07) is 6.30. The van der Waals surface area contributed by atoms with Gasteiger partial charge in [-0.1, -0.05) is 19.1 Å². The smallest absolute Gasteiger partial charge is 0.332 e. The molecular formula is C20H28N4O4. The maximum Gasteiger partial charge on any atom is 0.332 e. The van der Waals surface area contributed by atoms with Crippen LogP contribution in [0.3, 0.4) is 0 Å². The van der Waals surface area contributed by atoms with Crippen LogP contribution in [0.5, 0.6) is 0 Å². The number of fused-ring (bicyclic) bond motifs is 1. The molecule has 1 fully saturated rings.